The minimum Gasteiger partial charge on any atom is -0.390 e. The lowest BCUT2D eigenvalue weighted by molar-refractivity contribution is 0.156. The second-order valence-electron chi connectivity index (χ2n) is 5.13. The third kappa shape index (κ3) is 3.22. The molecule has 1 aromatic heterocycles. The van der Waals surface area contributed by atoms with Crippen LogP contribution in [0.4, 0.5) is 0 Å². The molecule has 1 aliphatic heterocycles. The van der Waals surface area contributed by atoms with Crippen LogP contribution in [-0.4, -0.2) is 38.7 Å². The highest BCUT2D eigenvalue weighted by Gasteiger charge is 2.17. The standard InChI is InChI=1S/C13H23N3OS/c1-11-5-2-3-6-15(11)7-4-8-16-12(10-17)9-14-13(16)18/h9,11,17H,2-8,10H2,1H3,(H,14,18). The van der Waals surface area contributed by atoms with Gasteiger partial charge in [0.1, 0.15) is 0 Å². The highest BCUT2D eigenvalue weighted by molar-refractivity contribution is 7.71. The molecule has 1 saturated heterocycles. The largest absolute Gasteiger partial charge is 0.390 e. The van der Waals surface area contributed by atoms with Crippen LogP contribution in [0.3, 0.4) is 0 Å². The van der Waals surface area contributed by atoms with Gasteiger partial charge in [-0.2, -0.15) is 0 Å². The minimum absolute atomic E-state index is 0.0489. The van der Waals surface area contributed by atoms with Crippen LogP contribution in [0.2, 0.25) is 0 Å². The summed E-state index contributed by atoms with van der Waals surface area (Å²) >= 11 is 5.21. The zero-order chi connectivity index (χ0) is 13.0. The van der Waals surface area contributed by atoms with Gasteiger partial charge in [-0.15, -0.1) is 0 Å². The Morgan fingerprint density at radius 2 is 2.28 bits per heavy atom. The van der Waals surface area contributed by atoms with Crippen molar-refractivity contribution in [2.45, 2.75) is 51.8 Å². The van der Waals surface area contributed by atoms with Crippen molar-refractivity contribution in [1.82, 2.24) is 14.5 Å². The number of aromatic nitrogens is 2. The van der Waals surface area contributed by atoms with E-state index in [0.29, 0.717) is 4.77 Å². The van der Waals surface area contributed by atoms with Gasteiger partial charge in [0.25, 0.3) is 0 Å². The lowest BCUT2D eigenvalue weighted by Gasteiger charge is -2.33. The van der Waals surface area contributed by atoms with Crippen molar-refractivity contribution >= 4 is 12.2 Å². The van der Waals surface area contributed by atoms with Crippen LogP contribution in [-0.2, 0) is 13.2 Å². The van der Waals surface area contributed by atoms with Crippen LogP contribution < -0.4 is 0 Å². The number of nitrogens with zero attached hydrogens (tertiary/aromatic N) is 2. The Hall–Kier alpha value is -0.650. The summed E-state index contributed by atoms with van der Waals surface area (Å²) in [7, 11) is 0. The van der Waals surface area contributed by atoms with Crippen molar-refractivity contribution in [3.63, 3.8) is 0 Å². The van der Waals surface area contributed by atoms with Crippen molar-refractivity contribution in [2.75, 3.05) is 13.1 Å². The van der Waals surface area contributed by atoms with E-state index < -0.39 is 0 Å². The van der Waals surface area contributed by atoms with E-state index in [2.05, 4.69) is 16.8 Å². The summed E-state index contributed by atoms with van der Waals surface area (Å²) in [6.07, 6.45) is 6.91. The van der Waals surface area contributed by atoms with Crippen molar-refractivity contribution in [2.24, 2.45) is 0 Å². The molecule has 0 spiro atoms. The van der Waals surface area contributed by atoms with E-state index in [1.807, 2.05) is 4.57 Å². The zero-order valence-electron chi connectivity index (χ0n) is 11.1. The Morgan fingerprint density at radius 3 is 3.00 bits per heavy atom. The van der Waals surface area contributed by atoms with E-state index >= 15 is 0 Å². The number of piperidine rings is 1. The fourth-order valence-corrected chi connectivity index (χ4v) is 3.00. The van der Waals surface area contributed by atoms with Gasteiger partial charge in [0.2, 0.25) is 0 Å². The van der Waals surface area contributed by atoms with Gasteiger partial charge in [-0.1, -0.05) is 6.42 Å². The first kappa shape index (κ1) is 13.8. The number of likely N-dealkylation sites (tertiary alicyclic amines) is 1. The van der Waals surface area contributed by atoms with E-state index in [0.717, 1.165) is 31.2 Å². The second kappa shape index (κ2) is 6.50. The van der Waals surface area contributed by atoms with E-state index in [-0.39, 0.29) is 6.61 Å². The fraction of sp³-hybridized carbons (Fsp3) is 0.769. The first-order valence-corrected chi connectivity index (χ1v) is 7.25. The Morgan fingerprint density at radius 1 is 1.44 bits per heavy atom. The molecule has 1 aromatic rings. The molecule has 4 nitrogen and oxygen atoms in total. The SMILES string of the molecule is CC1CCCCN1CCCn1c(CO)c[nH]c1=S. The first-order chi connectivity index (χ1) is 8.72. The zero-order valence-corrected chi connectivity index (χ0v) is 11.9. The number of hydrogen-bond acceptors (Lipinski definition) is 3. The van der Waals surface area contributed by atoms with Gasteiger partial charge in [-0.05, 0) is 44.9 Å². The average molecular weight is 269 g/mol. The van der Waals surface area contributed by atoms with Gasteiger partial charge in [0, 0.05) is 25.3 Å². The van der Waals surface area contributed by atoms with Gasteiger partial charge in [0.15, 0.2) is 4.77 Å². The molecule has 0 aliphatic carbocycles. The van der Waals surface area contributed by atoms with Crippen LogP contribution in [0.25, 0.3) is 0 Å². The smallest absolute Gasteiger partial charge is 0.177 e. The predicted molar refractivity (Wildman–Crippen MR) is 75.0 cm³/mol. The topological polar surface area (TPSA) is 44.2 Å². The third-order valence-electron chi connectivity index (χ3n) is 3.88. The van der Waals surface area contributed by atoms with Crippen molar-refractivity contribution in [3.8, 4) is 0 Å². The quantitative estimate of drug-likeness (QED) is 0.806. The molecule has 5 heteroatoms. The molecule has 0 bridgehead atoms. The van der Waals surface area contributed by atoms with E-state index in [9.17, 15) is 5.11 Å². The molecule has 2 N–H and O–H groups in total. The van der Waals surface area contributed by atoms with Gasteiger partial charge in [-0.3, -0.25) is 0 Å². The van der Waals surface area contributed by atoms with E-state index in [1.54, 1.807) is 6.20 Å². The number of rotatable bonds is 5. The lowest BCUT2D eigenvalue weighted by Crippen LogP contribution is -2.38. The van der Waals surface area contributed by atoms with E-state index in [4.69, 9.17) is 12.2 Å². The van der Waals surface area contributed by atoms with Crippen LogP contribution in [0.5, 0.6) is 0 Å². The molecule has 18 heavy (non-hydrogen) atoms. The van der Waals surface area contributed by atoms with Gasteiger partial charge in [0.05, 0.1) is 12.3 Å². The van der Waals surface area contributed by atoms with Crippen molar-refractivity contribution in [1.29, 1.82) is 0 Å². The number of aliphatic hydroxyl groups excluding tert-OH is 1. The predicted octanol–water partition coefficient (Wildman–Crippen LogP) is 2.30. The maximum absolute atomic E-state index is 9.22. The molecular formula is C13H23N3OS. The molecule has 1 atom stereocenters. The maximum atomic E-state index is 9.22. The number of hydrogen-bond donors (Lipinski definition) is 2. The number of aromatic amines is 1. The van der Waals surface area contributed by atoms with Crippen LogP contribution in [0, 0.1) is 4.77 Å². The number of imidazole rings is 1. The van der Waals surface area contributed by atoms with Gasteiger partial charge in [-0.25, -0.2) is 0 Å². The molecule has 0 saturated carbocycles. The summed E-state index contributed by atoms with van der Waals surface area (Å²) in [5, 5.41) is 9.22. The molecule has 102 valence electrons. The van der Waals surface area contributed by atoms with E-state index in [1.165, 1.54) is 25.8 Å². The summed E-state index contributed by atoms with van der Waals surface area (Å²) in [6.45, 7) is 5.61. The van der Waals surface area contributed by atoms with Crippen molar-refractivity contribution < 1.29 is 5.11 Å². The Kier molecular flexibility index (Phi) is 4.97. The minimum atomic E-state index is 0.0489. The summed E-state index contributed by atoms with van der Waals surface area (Å²) in [5.74, 6) is 0. The number of H-pyrrole nitrogens is 1. The van der Waals surface area contributed by atoms with Gasteiger partial charge < -0.3 is 19.6 Å². The van der Waals surface area contributed by atoms with Crippen LogP contribution in [0.15, 0.2) is 6.20 Å². The summed E-state index contributed by atoms with van der Waals surface area (Å²) in [4.78, 5) is 5.56. The fourth-order valence-electron chi connectivity index (χ4n) is 2.73. The third-order valence-corrected chi connectivity index (χ3v) is 4.22. The summed E-state index contributed by atoms with van der Waals surface area (Å²) in [5.41, 5.74) is 0.881. The molecule has 1 fully saturated rings. The monoisotopic (exact) mass is 269 g/mol. The number of nitrogens with one attached hydrogen (secondary N) is 1. The molecule has 1 unspecified atom stereocenters. The molecule has 0 aromatic carbocycles. The van der Waals surface area contributed by atoms with Crippen molar-refractivity contribution in [3.05, 3.63) is 16.7 Å². The maximum Gasteiger partial charge on any atom is 0.177 e. The van der Waals surface area contributed by atoms with Crippen LogP contribution in [0.1, 0.15) is 38.3 Å². The first-order valence-electron chi connectivity index (χ1n) is 6.84. The summed E-state index contributed by atoms with van der Waals surface area (Å²) in [6, 6.07) is 0.718. The van der Waals surface area contributed by atoms with Gasteiger partial charge >= 0.3 is 0 Å². The highest BCUT2D eigenvalue weighted by Crippen LogP contribution is 2.16. The Balaban J connectivity index is 1.84. The molecule has 0 amide bonds. The lowest BCUT2D eigenvalue weighted by atomic mass is 10.0. The molecule has 1 aliphatic rings. The molecule has 2 rings (SSSR count). The Labute approximate surface area is 114 Å². The second-order valence-corrected chi connectivity index (χ2v) is 5.52. The Bertz CT molecular complexity index is 426. The van der Waals surface area contributed by atoms with Crippen LogP contribution >= 0.6 is 12.2 Å². The average Bonchev–Trinajstić information content (AvgIpc) is 2.73. The molecule has 2 heterocycles. The summed E-state index contributed by atoms with van der Waals surface area (Å²) < 4.78 is 2.72. The highest BCUT2D eigenvalue weighted by atomic mass is 32.1. The normalized spacial score (nSPS) is 21.3. The molecule has 0 radical (unpaired) electrons. The molecular weight excluding hydrogens is 246 g/mol. The number of aliphatic hydroxyl groups is 1.